The van der Waals surface area contributed by atoms with E-state index in [-0.39, 0.29) is 16.2 Å². The van der Waals surface area contributed by atoms with Crippen molar-refractivity contribution in [2.24, 2.45) is 0 Å². The highest BCUT2D eigenvalue weighted by Gasteiger charge is 2.40. The molecule has 0 aliphatic carbocycles. The largest absolute Gasteiger partial charge is 0.273 e. The molecule has 0 unspecified atom stereocenters. The van der Waals surface area contributed by atoms with Gasteiger partial charge in [0.1, 0.15) is 0 Å². The molecular formula is C17H12N2O3S. The Kier molecular flexibility index (Phi) is 3.51. The molecule has 23 heavy (non-hydrogen) atoms. The summed E-state index contributed by atoms with van der Waals surface area (Å²) in [6.07, 6.45) is 1.08. The van der Waals surface area contributed by atoms with E-state index in [1.54, 1.807) is 42.5 Å². The predicted molar refractivity (Wildman–Crippen MR) is 85.9 cm³/mol. The average Bonchev–Trinajstić information content (AvgIpc) is 2.81. The zero-order valence-corrected chi connectivity index (χ0v) is 13.0. The van der Waals surface area contributed by atoms with Crippen LogP contribution in [0.5, 0.6) is 0 Å². The first-order valence-electron chi connectivity index (χ1n) is 6.82. The number of rotatable bonds is 2. The third-order valence-electron chi connectivity index (χ3n) is 3.60. The molecule has 0 fully saturated rings. The SMILES string of the molecule is Cc1ccc(S(=O)(=O)N2C(=O)C(=CC#N)c3ccccc32)cc1. The lowest BCUT2D eigenvalue weighted by Gasteiger charge is -2.17. The van der Waals surface area contributed by atoms with Gasteiger partial charge in [0.25, 0.3) is 15.9 Å². The topological polar surface area (TPSA) is 78.2 Å². The van der Waals surface area contributed by atoms with Crippen LogP contribution in [0.4, 0.5) is 5.69 Å². The number of nitriles is 1. The summed E-state index contributed by atoms with van der Waals surface area (Å²) in [6.45, 7) is 1.85. The summed E-state index contributed by atoms with van der Waals surface area (Å²) in [7, 11) is -4.04. The van der Waals surface area contributed by atoms with Crippen molar-refractivity contribution >= 4 is 27.2 Å². The quantitative estimate of drug-likeness (QED) is 0.628. The maximum atomic E-state index is 12.9. The lowest BCUT2D eigenvalue weighted by molar-refractivity contribution is -0.111. The summed E-state index contributed by atoms with van der Waals surface area (Å²) in [6, 6.07) is 14.6. The minimum atomic E-state index is -4.04. The third kappa shape index (κ3) is 2.31. The monoisotopic (exact) mass is 324 g/mol. The van der Waals surface area contributed by atoms with E-state index < -0.39 is 15.9 Å². The van der Waals surface area contributed by atoms with E-state index in [0.717, 1.165) is 15.9 Å². The van der Waals surface area contributed by atoms with E-state index in [0.29, 0.717) is 5.56 Å². The van der Waals surface area contributed by atoms with Crippen LogP contribution in [-0.4, -0.2) is 14.3 Å². The van der Waals surface area contributed by atoms with Gasteiger partial charge in [-0.05, 0) is 25.1 Å². The first-order valence-corrected chi connectivity index (χ1v) is 8.26. The maximum Gasteiger partial charge on any atom is 0.273 e. The van der Waals surface area contributed by atoms with Crippen molar-refractivity contribution in [3.05, 3.63) is 65.7 Å². The molecule has 114 valence electrons. The van der Waals surface area contributed by atoms with Crippen molar-refractivity contribution < 1.29 is 13.2 Å². The number of anilines is 1. The van der Waals surface area contributed by atoms with Gasteiger partial charge in [0.05, 0.1) is 22.2 Å². The van der Waals surface area contributed by atoms with Gasteiger partial charge in [-0.15, -0.1) is 0 Å². The summed E-state index contributed by atoms with van der Waals surface area (Å²) in [4.78, 5) is 12.6. The number of carbonyl (C=O) groups is 1. The minimum absolute atomic E-state index is 0.0319. The normalized spacial score (nSPS) is 15.6. The molecule has 0 saturated carbocycles. The van der Waals surface area contributed by atoms with Gasteiger partial charge in [0.2, 0.25) is 0 Å². The Morgan fingerprint density at radius 3 is 2.39 bits per heavy atom. The van der Waals surface area contributed by atoms with Crippen LogP contribution < -0.4 is 4.31 Å². The molecule has 1 amide bonds. The third-order valence-corrected chi connectivity index (χ3v) is 5.31. The van der Waals surface area contributed by atoms with Crippen LogP contribution in [0.1, 0.15) is 11.1 Å². The smallest absolute Gasteiger partial charge is 0.268 e. The van der Waals surface area contributed by atoms with Crippen LogP contribution >= 0.6 is 0 Å². The van der Waals surface area contributed by atoms with E-state index in [4.69, 9.17) is 5.26 Å². The van der Waals surface area contributed by atoms with E-state index in [1.807, 2.05) is 6.92 Å². The number of sulfonamides is 1. The van der Waals surface area contributed by atoms with E-state index in [9.17, 15) is 13.2 Å². The molecule has 0 spiro atoms. The number of benzene rings is 2. The van der Waals surface area contributed by atoms with Gasteiger partial charge in [0, 0.05) is 11.6 Å². The minimum Gasteiger partial charge on any atom is -0.268 e. The number of nitrogens with zero attached hydrogens (tertiary/aromatic N) is 2. The molecule has 2 aromatic carbocycles. The molecule has 1 heterocycles. The van der Waals surface area contributed by atoms with Crippen LogP contribution in [0.2, 0.25) is 0 Å². The summed E-state index contributed by atoms with van der Waals surface area (Å²) in [5, 5.41) is 8.86. The van der Waals surface area contributed by atoms with Crippen LogP contribution in [0, 0.1) is 18.3 Å². The van der Waals surface area contributed by atoms with Crippen LogP contribution in [0.25, 0.3) is 5.57 Å². The second kappa shape index (κ2) is 5.38. The van der Waals surface area contributed by atoms with Gasteiger partial charge in [-0.2, -0.15) is 9.57 Å². The van der Waals surface area contributed by atoms with E-state index in [1.165, 1.54) is 12.1 Å². The molecular weight excluding hydrogens is 312 g/mol. The zero-order valence-electron chi connectivity index (χ0n) is 12.2. The second-order valence-electron chi connectivity index (χ2n) is 5.09. The van der Waals surface area contributed by atoms with Gasteiger partial charge in [-0.1, -0.05) is 35.9 Å². The maximum absolute atomic E-state index is 12.9. The fourth-order valence-corrected chi connectivity index (χ4v) is 3.90. The second-order valence-corrected chi connectivity index (χ2v) is 6.88. The molecule has 0 saturated heterocycles. The molecule has 3 rings (SSSR count). The highest BCUT2D eigenvalue weighted by molar-refractivity contribution is 7.93. The summed E-state index contributed by atoms with van der Waals surface area (Å²) in [5.41, 5.74) is 1.70. The fourth-order valence-electron chi connectivity index (χ4n) is 2.47. The Labute approximate surface area is 134 Å². The van der Waals surface area contributed by atoms with Crippen molar-refractivity contribution in [3.63, 3.8) is 0 Å². The molecule has 0 aromatic heterocycles. The highest BCUT2D eigenvalue weighted by atomic mass is 32.2. The first kappa shape index (κ1) is 15.0. The lowest BCUT2D eigenvalue weighted by Crippen LogP contribution is -2.33. The van der Waals surface area contributed by atoms with E-state index in [2.05, 4.69) is 0 Å². The van der Waals surface area contributed by atoms with Gasteiger partial charge in [0.15, 0.2) is 0 Å². The number of hydrogen-bond acceptors (Lipinski definition) is 4. The number of para-hydroxylation sites is 1. The van der Waals surface area contributed by atoms with Crippen molar-refractivity contribution in [1.29, 1.82) is 5.26 Å². The summed E-state index contributed by atoms with van der Waals surface area (Å²) in [5.74, 6) is -0.715. The Hall–Kier alpha value is -2.91. The molecule has 0 N–H and O–H groups in total. The van der Waals surface area contributed by atoms with Crippen LogP contribution in [0.3, 0.4) is 0 Å². The van der Waals surface area contributed by atoms with Crippen molar-refractivity contribution in [1.82, 2.24) is 0 Å². The molecule has 1 aliphatic rings. The number of amides is 1. The van der Waals surface area contributed by atoms with Crippen LogP contribution in [0.15, 0.2) is 59.5 Å². The Morgan fingerprint density at radius 2 is 1.74 bits per heavy atom. The zero-order chi connectivity index (χ0) is 16.6. The van der Waals surface area contributed by atoms with Crippen molar-refractivity contribution in [2.45, 2.75) is 11.8 Å². The molecule has 0 radical (unpaired) electrons. The van der Waals surface area contributed by atoms with Gasteiger partial charge in [-0.3, -0.25) is 4.79 Å². The van der Waals surface area contributed by atoms with Crippen LogP contribution in [-0.2, 0) is 14.8 Å². The fraction of sp³-hybridized carbons (Fsp3) is 0.0588. The summed E-state index contributed by atoms with van der Waals surface area (Å²) < 4.78 is 26.5. The average molecular weight is 324 g/mol. The van der Waals surface area contributed by atoms with Crippen molar-refractivity contribution in [2.75, 3.05) is 4.31 Å². The van der Waals surface area contributed by atoms with Gasteiger partial charge in [-0.25, -0.2) is 8.42 Å². The van der Waals surface area contributed by atoms with Gasteiger partial charge < -0.3 is 0 Å². The lowest BCUT2D eigenvalue weighted by atomic mass is 10.1. The molecule has 1 aliphatic heterocycles. The molecule has 6 heteroatoms. The number of carbonyl (C=O) groups excluding carboxylic acids is 1. The molecule has 5 nitrogen and oxygen atoms in total. The van der Waals surface area contributed by atoms with E-state index >= 15 is 0 Å². The molecule has 2 aromatic rings. The number of hydrogen-bond donors (Lipinski definition) is 0. The Balaban J connectivity index is 2.21. The number of aryl methyl sites for hydroxylation is 1. The number of fused-ring (bicyclic) bond motifs is 1. The van der Waals surface area contributed by atoms with Gasteiger partial charge >= 0.3 is 0 Å². The standard InChI is InChI=1S/C17H12N2O3S/c1-12-6-8-13(9-7-12)23(21,22)19-16-5-3-2-4-14(16)15(10-11-18)17(19)20/h2-10H,1H3. The van der Waals surface area contributed by atoms with Crippen molar-refractivity contribution in [3.8, 4) is 6.07 Å². The molecule has 0 bridgehead atoms. The molecule has 0 atom stereocenters. The number of allylic oxidation sites excluding steroid dienone is 1. The Morgan fingerprint density at radius 1 is 1.09 bits per heavy atom. The highest BCUT2D eigenvalue weighted by Crippen LogP contribution is 2.39. The summed E-state index contributed by atoms with van der Waals surface area (Å²) >= 11 is 0. The Bertz CT molecular complexity index is 968. The predicted octanol–water partition coefficient (Wildman–Crippen LogP) is 2.64. The first-order chi connectivity index (χ1) is 11.0.